The van der Waals surface area contributed by atoms with Gasteiger partial charge in [0.15, 0.2) is 0 Å². The van der Waals surface area contributed by atoms with Crippen LogP contribution in [0.1, 0.15) is 38.2 Å². The van der Waals surface area contributed by atoms with Crippen molar-refractivity contribution in [2.24, 2.45) is 11.3 Å². The quantitative estimate of drug-likeness (QED) is 0.766. The predicted octanol–water partition coefficient (Wildman–Crippen LogP) is 4.85. The molecular formula is C15H17BrFN. The van der Waals surface area contributed by atoms with Crippen LogP contribution in [0.15, 0.2) is 22.7 Å². The van der Waals surface area contributed by atoms with Gasteiger partial charge < -0.3 is 0 Å². The predicted molar refractivity (Wildman–Crippen MR) is 73.5 cm³/mol. The Kier molecular flexibility index (Phi) is 4.07. The molecule has 0 aromatic heterocycles. The lowest BCUT2D eigenvalue weighted by Crippen LogP contribution is -2.27. The first-order valence-electron chi connectivity index (χ1n) is 6.39. The van der Waals surface area contributed by atoms with Gasteiger partial charge in [0.2, 0.25) is 0 Å². The molecule has 1 fully saturated rings. The van der Waals surface area contributed by atoms with Crippen LogP contribution in [0.4, 0.5) is 4.39 Å². The van der Waals surface area contributed by atoms with Crippen LogP contribution in [-0.2, 0) is 6.42 Å². The fourth-order valence-corrected chi connectivity index (χ4v) is 3.26. The number of hydrogen-bond donors (Lipinski definition) is 0. The zero-order valence-corrected chi connectivity index (χ0v) is 12.1. The maximum atomic E-state index is 13.4. The van der Waals surface area contributed by atoms with Crippen molar-refractivity contribution in [1.29, 1.82) is 5.26 Å². The average Bonchev–Trinajstić information content (AvgIpc) is 2.31. The van der Waals surface area contributed by atoms with Crippen LogP contribution in [-0.4, -0.2) is 0 Å². The molecule has 0 atom stereocenters. The molecule has 0 unspecified atom stereocenters. The highest BCUT2D eigenvalue weighted by molar-refractivity contribution is 9.10. The third kappa shape index (κ3) is 3.11. The van der Waals surface area contributed by atoms with E-state index >= 15 is 0 Å². The Hall–Kier alpha value is -0.880. The maximum absolute atomic E-state index is 13.4. The van der Waals surface area contributed by atoms with E-state index < -0.39 is 0 Å². The lowest BCUT2D eigenvalue weighted by atomic mass is 9.69. The molecule has 1 saturated carbocycles. The van der Waals surface area contributed by atoms with Gasteiger partial charge in [-0.3, -0.25) is 0 Å². The fraction of sp³-hybridized carbons (Fsp3) is 0.533. The lowest BCUT2D eigenvalue weighted by Gasteiger charge is -2.33. The van der Waals surface area contributed by atoms with Crippen LogP contribution in [0, 0.1) is 28.5 Å². The maximum Gasteiger partial charge on any atom is 0.124 e. The summed E-state index contributed by atoms with van der Waals surface area (Å²) in [5, 5.41) is 9.47. The van der Waals surface area contributed by atoms with E-state index in [0.717, 1.165) is 35.7 Å². The Balaban J connectivity index is 2.18. The zero-order valence-electron chi connectivity index (χ0n) is 10.5. The number of benzene rings is 1. The van der Waals surface area contributed by atoms with Crippen LogP contribution in [0.3, 0.4) is 0 Å². The molecule has 1 aliphatic carbocycles. The number of nitrogens with zero attached hydrogens (tertiary/aromatic N) is 1. The van der Waals surface area contributed by atoms with E-state index in [0.29, 0.717) is 12.3 Å². The Morgan fingerprint density at radius 1 is 1.39 bits per heavy atom. The molecule has 0 bridgehead atoms. The van der Waals surface area contributed by atoms with E-state index in [4.69, 9.17) is 0 Å². The SMILES string of the molecule is CC1CCC(C#N)(Cc2cc(F)cc(Br)c2)CC1. The summed E-state index contributed by atoms with van der Waals surface area (Å²) in [6, 6.07) is 7.40. The van der Waals surface area contributed by atoms with Crippen molar-refractivity contribution in [2.45, 2.75) is 39.0 Å². The van der Waals surface area contributed by atoms with Gasteiger partial charge >= 0.3 is 0 Å². The third-order valence-corrected chi connectivity index (χ3v) is 4.39. The minimum absolute atomic E-state index is 0.239. The molecule has 1 nitrogen and oxygen atoms in total. The van der Waals surface area contributed by atoms with Crippen molar-refractivity contribution in [3.05, 3.63) is 34.1 Å². The van der Waals surface area contributed by atoms with Crippen LogP contribution >= 0.6 is 15.9 Å². The van der Waals surface area contributed by atoms with Gasteiger partial charge in [-0.25, -0.2) is 4.39 Å². The van der Waals surface area contributed by atoms with E-state index in [1.54, 1.807) is 6.07 Å². The van der Waals surface area contributed by atoms with E-state index in [2.05, 4.69) is 28.9 Å². The summed E-state index contributed by atoms with van der Waals surface area (Å²) in [7, 11) is 0. The number of hydrogen-bond acceptors (Lipinski definition) is 1. The second kappa shape index (κ2) is 5.40. The zero-order chi connectivity index (χ0) is 13.2. The topological polar surface area (TPSA) is 23.8 Å². The van der Waals surface area contributed by atoms with Gasteiger partial charge in [0.25, 0.3) is 0 Å². The molecule has 18 heavy (non-hydrogen) atoms. The minimum atomic E-state index is -0.292. The molecule has 2 rings (SSSR count). The summed E-state index contributed by atoms with van der Waals surface area (Å²) in [5.74, 6) is 0.474. The molecule has 0 heterocycles. The van der Waals surface area contributed by atoms with Gasteiger partial charge in [0.05, 0.1) is 11.5 Å². The summed E-state index contributed by atoms with van der Waals surface area (Å²) in [6.07, 6.45) is 4.72. The first-order valence-corrected chi connectivity index (χ1v) is 7.18. The lowest BCUT2D eigenvalue weighted by molar-refractivity contribution is 0.218. The van der Waals surface area contributed by atoms with Crippen molar-refractivity contribution in [3.63, 3.8) is 0 Å². The highest BCUT2D eigenvalue weighted by Gasteiger charge is 2.34. The molecule has 0 aliphatic heterocycles. The van der Waals surface area contributed by atoms with Gasteiger partial charge in [-0.05, 0) is 61.8 Å². The molecule has 3 heteroatoms. The molecule has 1 aromatic carbocycles. The van der Waals surface area contributed by atoms with Gasteiger partial charge in [-0.1, -0.05) is 22.9 Å². The van der Waals surface area contributed by atoms with E-state index in [1.807, 2.05) is 6.07 Å². The first kappa shape index (κ1) is 13.5. The standard InChI is InChI=1S/C15H17BrFN/c1-11-2-4-15(10-18,5-3-11)9-12-6-13(16)8-14(17)7-12/h6-8,11H,2-5,9H2,1H3. The Morgan fingerprint density at radius 2 is 2.06 bits per heavy atom. The molecule has 96 valence electrons. The monoisotopic (exact) mass is 309 g/mol. The smallest absolute Gasteiger partial charge is 0.124 e. The second-order valence-electron chi connectivity index (χ2n) is 5.53. The van der Waals surface area contributed by atoms with Crippen molar-refractivity contribution >= 4 is 15.9 Å². The number of rotatable bonds is 2. The molecule has 1 aliphatic rings. The fourth-order valence-electron chi connectivity index (χ4n) is 2.75. The summed E-state index contributed by atoms with van der Waals surface area (Å²) in [4.78, 5) is 0. The van der Waals surface area contributed by atoms with Crippen LogP contribution < -0.4 is 0 Å². The summed E-state index contributed by atoms with van der Waals surface area (Å²) < 4.78 is 14.1. The number of halogens is 2. The molecule has 0 radical (unpaired) electrons. The van der Waals surface area contributed by atoms with Crippen molar-refractivity contribution in [3.8, 4) is 6.07 Å². The molecule has 0 saturated heterocycles. The molecule has 0 amide bonds. The van der Waals surface area contributed by atoms with E-state index in [9.17, 15) is 9.65 Å². The van der Waals surface area contributed by atoms with Crippen molar-refractivity contribution in [1.82, 2.24) is 0 Å². The Morgan fingerprint density at radius 3 is 2.61 bits per heavy atom. The van der Waals surface area contributed by atoms with Crippen LogP contribution in [0.25, 0.3) is 0 Å². The Bertz CT molecular complexity index is 450. The highest BCUT2D eigenvalue weighted by atomic mass is 79.9. The van der Waals surface area contributed by atoms with Gasteiger partial charge in [0.1, 0.15) is 5.82 Å². The third-order valence-electron chi connectivity index (χ3n) is 3.93. The van der Waals surface area contributed by atoms with Crippen molar-refractivity contribution < 1.29 is 4.39 Å². The van der Waals surface area contributed by atoms with Crippen molar-refractivity contribution in [2.75, 3.05) is 0 Å². The van der Waals surface area contributed by atoms with Crippen LogP contribution in [0.2, 0.25) is 0 Å². The first-order chi connectivity index (χ1) is 8.53. The normalized spacial score (nSPS) is 27.8. The van der Waals surface area contributed by atoms with Gasteiger partial charge in [0, 0.05) is 4.47 Å². The largest absolute Gasteiger partial charge is 0.207 e. The summed E-state index contributed by atoms with van der Waals surface area (Å²) >= 11 is 3.30. The van der Waals surface area contributed by atoms with E-state index in [-0.39, 0.29) is 11.2 Å². The highest BCUT2D eigenvalue weighted by Crippen LogP contribution is 2.41. The summed E-state index contributed by atoms with van der Waals surface area (Å²) in [6.45, 7) is 2.24. The molecular weight excluding hydrogens is 293 g/mol. The molecule has 0 N–H and O–H groups in total. The average molecular weight is 310 g/mol. The van der Waals surface area contributed by atoms with E-state index in [1.165, 1.54) is 6.07 Å². The van der Waals surface area contributed by atoms with Crippen LogP contribution in [0.5, 0.6) is 0 Å². The molecule has 0 spiro atoms. The minimum Gasteiger partial charge on any atom is -0.207 e. The Labute approximate surface area is 116 Å². The second-order valence-corrected chi connectivity index (χ2v) is 6.44. The van der Waals surface area contributed by atoms with Gasteiger partial charge in [-0.15, -0.1) is 0 Å². The number of nitriles is 1. The van der Waals surface area contributed by atoms with Gasteiger partial charge in [-0.2, -0.15) is 5.26 Å². The summed E-state index contributed by atoms with van der Waals surface area (Å²) in [5.41, 5.74) is 0.623. The molecule has 1 aromatic rings.